The van der Waals surface area contributed by atoms with Gasteiger partial charge < -0.3 is 0 Å². The zero-order valence-electron chi connectivity index (χ0n) is 8.32. The minimum atomic E-state index is -0.613. The van der Waals surface area contributed by atoms with Crippen LogP contribution in [0.3, 0.4) is 0 Å². The molecule has 6 heteroatoms. The van der Waals surface area contributed by atoms with Gasteiger partial charge in [-0.25, -0.2) is 0 Å². The first-order chi connectivity index (χ1) is 7.58. The summed E-state index contributed by atoms with van der Waals surface area (Å²) in [5, 5.41) is 8.09. The lowest BCUT2D eigenvalue weighted by Crippen LogP contribution is -1.99. The highest BCUT2D eigenvalue weighted by molar-refractivity contribution is 6.67. The largest absolute Gasteiger partial charge is 0.274 e. The normalized spacial score (nSPS) is 10.4. The van der Waals surface area contributed by atoms with E-state index in [0.29, 0.717) is 10.7 Å². The molecule has 0 N–H and O–H groups in total. The average molecular weight is 256 g/mol. The first-order valence-electron chi connectivity index (χ1n) is 4.47. The Morgan fingerprint density at radius 2 is 1.88 bits per heavy atom. The molecule has 2 aromatic rings. The molecular weight excluding hydrogens is 249 g/mol. The number of aromatic nitrogens is 3. The summed E-state index contributed by atoms with van der Waals surface area (Å²) in [7, 11) is 0. The third-order valence-electron chi connectivity index (χ3n) is 2.03. The van der Waals surface area contributed by atoms with Crippen molar-refractivity contribution in [2.45, 2.75) is 6.92 Å². The van der Waals surface area contributed by atoms with Gasteiger partial charge in [0.1, 0.15) is 0 Å². The highest BCUT2D eigenvalue weighted by Gasteiger charge is 2.13. The van der Waals surface area contributed by atoms with Gasteiger partial charge in [0, 0.05) is 5.02 Å². The molecule has 0 saturated heterocycles. The van der Waals surface area contributed by atoms with Gasteiger partial charge in [-0.2, -0.15) is 9.90 Å². The van der Waals surface area contributed by atoms with Crippen molar-refractivity contribution in [1.82, 2.24) is 15.0 Å². The Morgan fingerprint density at radius 3 is 2.38 bits per heavy atom. The molecule has 0 aliphatic rings. The zero-order chi connectivity index (χ0) is 11.7. The van der Waals surface area contributed by atoms with Gasteiger partial charge in [-0.05, 0) is 42.8 Å². The fourth-order valence-electron chi connectivity index (χ4n) is 1.25. The van der Waals surface area contributed by atoms with Crippen molar-refractivity contribution in [3.05, 3.63) is 40.7 Å². The van der Waals surface area contributed by atoms with Gasteiger partial charge in [0.25, 0.3) is 5.24 Å². The van der Waals surface area contributed by atoms with Gasteiger partial charge >= 0.3 is 0 Å². The molecule has 16 heavy (non-hydrogen) atoms. The van der Waals surface area contributed by atoms with E-state index >= 15 is 0 Å². The van der Waals surface area contributed by atoms with E-state index in [-0.39, 0.29) is 5.69 Å². The Labute approximate surface area is 102 Å². The Kier molecular flexibility index (Phi) is 2.94. The van der Waals surface area contributed by atoms with Crippen molar-refractivity contribution in [3.63, 3.8) is 0 Å². The van der Waals surface area contributed by atoms with Crippen molar-refractivity contribution >= 4 is 28.4 Å². The molecule has 0 bridgehead atoms. The van der Waals surface area contributed by atoms with E-state index in [1.807, 2.05) is 0 Å². The van der Waals surface area contributed by atoms with Crippen LogP contribution in [0.4, 0.5) is 0 Å². The Balaban J connectivity index is 2.45. The summed E-state index contributed by atoms with van der Waals surface area (Å²) < 4.78 is 0. The van der Waals surface area contributed by atoms with E-state index in [4.69, 9.17) is 23.2 Å². The summed E-state index contributed by atoms with van der Waals surface area (Å²) in [5.41, 5.74) is 1.38. The zero-order valence-corrected chi connectivity index (χ0v) is 9.83. The summed E-state index contributed by atoms with van der Waals surface area (Å²) in [4.78, 5) is 12.3. The van der Waals surface area contributed by atoms with Crippen LogP contribution in [0.5, 0.6) is 0 Å². The van der Waals surface area contributed by atoms with Crippen LogP contribution >= 0.6 is 23.2 Å². The number of carbonyl (C=O) groups excluding carboxylic acids is 1. The van der Waals surface area contributed by atoms with E-state index in [2.05, 4.69) is 10.2 Å². The topological polar surface area (TPSA) is 47.8 Å². The number of rotatable bonds is 2. The SMILES string of the molecule is Cc1nn(-c2ccc(Cl)cc2)nc1C(=O)Cl. The van der Waals surface area contributed by atoms with Crippen molar-refractivity contribution in [2.24, 2.45) is 0 Å². The second-order valence-electron chi connectivity index (χ2n) is 3.17. The fourth-order valence-corrected chi connectivity index (χ4v) is 1.55. The van der Waals surface area contributed by atoms with Gasteiger partial charge in [-0.1, -0.05) is 11.6 Å². The lowest BCUT2D eigenvalue weighted by Gasteiger charge is -1.98. The maximum absolute atomic E-state index is 11.0. The molecule has 2 rings (SSSR count). The average Bonchev–Trinajstić information content (AvgIpc) is 2.61. The molecule has 82 valence electrons. The molecule has 0 aliphatic heterocycles. The monoisotopic (exact) mass is 255 g/mol. The highest BCUT2D eigenvalue weighted by Crippen LogP contribution is 2.13. The van der Waals surface area contributed by atoms with Crippen LogP contribution in [0.2, 0.25) is 5.02 Å². The summed E-state index contributed by atoms with van der Waals surface area (Å²) in [6.45, 7) is 1.68. The van der Waals surface area contributed by atoms with Gasteiger partial charge in [-0.3, -0.25) is 4.79 Å². The van der Waals surface area contributed by atoms with Crippen molar-refractivity contribution in [2.75, 3.05) is 0 Å². The second kappa shape index (κ2) is 4.23. The number of aryl methyl sites for hydroxylation is 1. The van der Waals surface area contributed by atoms with Gasteiger partial charge in [0.2, 0.25) is 0 Å². The molecular formula is C10H7Cl2N3O. The molecule has 0 atom stereocenters. The Hall–Kier alpha value is -1.39. The minimum Gasteiger partial charge on any atom is -0.274 e. The molecule has 0 amide bonds. The molecule has 1 aromatic carbocycles. The highest BCUT2D eigenvalue weighted by atomic mass is 35.5. The van der Waals surface area contributed by atoms with E-state index < -0.39 is 5.24 Å². The van der Waals surface area contributed by atoms with E-state index in [9.17, 15) is 4.79 Å². The third-order valence-corrected chi connectivity index (χ3v) is 2.46. The van der Waals surface area contributed by atoms with E-state index in [1.54, 1.807) is 31.2 Å². The van der Waals surface area contributed by atoms with Gasteiger partial charge in [-0.15, -0.1) is 5.10 Å². The molecule has 0 fully saturated rings. The summed E-state index contributed by atoms with van der Waals surface area (Å²) in [5.74, 6) is 0. The smallest absolute Gasteiger partial charge is 0.274 e. The molecule has 0 unspecified atom stereocenters. The van der Waals surface area contributed by atoms with Crippen LogP contribution in [0, 0.1) is 6.92 Å². The van der Waals surface area contributed by atoms with Crippen LogP contribution in [-0.2, 0) is 0 Å². The lowest BCUT2D eigenvalue weighted by molar-refractivity contribution is 0.107. The Bertz CT molecular complexity index is 533. The van der Waals surface area contributed by atoms with Gasteiger partial charge in [0.05, 0.1) is 11.4 Å². The first-order valence-corrected chi connectivity index (χ1v) is 5.23. The van der Waals surface area contributed by atoms with Crippen molar-refractivity contribution in [3.8, 4) is 5.69 Å². The van der Waals surface area contributed by atoms with E-state index in [0.717, 1.165) is 5.69 Å². The number of hydrogen-bond donors (Lipinski definition) is 0. The van der Waals surface area contributed by atoms with E-state index in [1.165, 1.54) is 4.80 Å². The summed E-state index contributed by atoms with van der Waals surface area (Å²) in [6.07, 6.45) is 0. The predicted octanol–water partition coefficient (Wildman–Crippen LogP) is 2.61. The quantitative estimate of drug-likeness (QED) is 0.776. The standard InChI is InChI=1S/C10H7Cl2N3O/c1-6-9(10(12)16)14-15(13-6)8-4-2-7(11)3-5-8/h2-5H,1H3. The molecule has 0 aliphatic carbocycles. The molecule has 0 saturated carbocycles. The fraction of sp³-hybridized carbons (Fsp3) is 0.100. The van der Waals surface area contributed by atoms with Crippen LogP contribution in [0.15, 0.2) is 24.3 Å². The summed E-state index contributed by atoms with van der Waals surface area (Å²) in [6, 6.07) is 6.95. The lowest BCUT2D eigenvalue weighted by atomic mass is 10.3. The molecule has 0 radical (unpaired) electrons. The maximum Gasteiger partial charge on any atom is 0.274 e. The third kappa shape index (κ3) is 2.08. The first kappa shape index (κ1) is 11.1. The predicted molar refractivity (Wildman–Crippen MR) is 61.3 cm³/mol. The maximum atomic E-state index is 11.0. The number of hydrogen-bond acceptors (Lipinski definition) is 3. The Morgan fingerprint density at radius 1 is 1.25 bits per heavy atom. The number of halogens is 2. The van der Waals surface area contributed by atoms with Crippen molar-refractivity contribution in [1.29, 1.82) is 0 Å². The van der Waals surface area contributed by atoms with Crippen LogP contribution < -0.4 is 0 Å². The van der Waals surface area contributed by atoms with Gasteiger partial charge in [0.15, 0.2) is 5.69 Å². The number of carbonyl (C=O) groups is 1. The number of benzene rings is 1. The summed E-state index contributed by atoms with van der Waals surface area (Å²) >= 11 is 11.1. The molecule has 4 nitrogen and oxygen atoms in total. The van der Waals surface area contributed by atoms with Crippen LogP contribution in [0.1, 0.15) is 16.2 Å². The van der Waals surface area contributed by atoms with Crippen LogP contribution in [-0.4, -0.2) is 20.2 Å². The number of nitrogens with zero attached hydrogens (tertiary/aromatic N) is 3. The van der Waals surface area contributed by atoms with Crippen molar-refractivity contribution < 1.29 is 4.79 Å². The minimum absolute atomic E-state index is 0.164. The van der Waals surface area contributed by atoms with Crippen LogP contribution in [0.25, 0.3) is 5.69 Å². The second-order valence-corrected chi connectivity index (χ2v) is 3.95. The molecule has 1 aromatic heterocycles. The molecule has 0 spiro atoms. The molecule has 1 heterocycles.